The van der Waals surface area contributed by atoms with Crippen LogP contribution in [0.15, 0.2) is 66.4 Å². The normalized spacial score (nSPS) is 12.2. The second kappa shape index (κ2) is 11.0. The van der Waals surface area contributed by atoms with Gasteiger partial charge in [-0.1, -0.05) is 50.3 Å². The highest BCUT2D eigenvalue weighted by molar-refractivity contribution is 6.26. The fourth-order valence-corrected chi connectivity index (χ4v) is 2.81. The summed E-state index contributed by atoms with van der Waals surface area (Å²) in [6, 6.07) is 13.5. The number of Topliss-reactive ketones (excluding diaryl/α,β-unsaturated/α-hetero) is 2. The van der Waals surface area contributed by atoms with Crippen LogP contribution in [0, 0.1) is 13.8 Å². The monoisotopic (exact) mass is 377 g/mol. The van der Waals surface area contributed by atoms with Crippen molar-refractivity contribution in [2.24, 2.45) is 0 Å². The number of nitrogens with one attached hydrogen (secondary N) is 1. The maximum Gasteiger partial charge on any atom is 0.210 e. The summed E-state index contributed by atoms with van der Waals surface area (Å²) in [5, 5.41) is 3.15. The van der Waals surface area contributed by atoms with E-state index < -0.39 is 0 Å². The Morgan fingerprint density at radius 3 is 1.86 bits per heavy atom. The van der Waals surface area contributed by atoms with Gasteiger partial charge in [0, 0.05) is 23.2 Å². The Hall–Kier alpha value is -2.94. The summed E-state index contributed by atoms with van der Waals surface area (Å²) in [5.41, 5.74) is 5.03. The van der Waals surface area contributed by atoms with Crippen molar-refractivity contribution in [2.75, 3.05) is 0 Å². The molecule has 0 amide bonds. The minimum absolute atomic E-state index is 0.0711. The van der Waals surface area contributed by atoms with Crippen LogP contribution in [0.2, 0.25) is 0 Å². The molecule has 0 bridgehead atoms. The third-order valence-electron chi connectivity index (χ3n) is 4.38. The third-order valence-corrected chi connectivity index (χ3v) is 4.38. The molecule has 28 heavy (non-hydrogen) atoms. The van der Waals surface area contributed by atoms with E-state index in [2.05, 4.69) is 11.9 Å². The summed E-state index contributed by atoms with van der Waals surface area (Å²) in [5.74, 6) is -0.172. The van der Waals surface area contributed by atoms with Crippen molar-refractivity contribution in [1.29, 1.82) is 0 Å². The Morgan fingerprint density at radius 1 is 0.893 bits per heavy atom. The molecule has 0 heterocycles. The van der Waals surface area contributed by atoms with Gasteiger partial charge in [-0.3, -0.25) is 9.59 Å². The molecule has 0 saturated carbocycles. The van der Waals surface area contributed by atoms with Gasteiger partial charge < -0.3 is 5.32 Å². The average Bonchev–Trinajstić information content (AvgIpc) is 2.71. The quantitative estimate of drug-likeness (QED) is 0.671. The van der Waals surface area contributed by atoms with E-state index in [0.717, 1.165) is 16.7 Å². The first-order valence-corrected chi connectivity index (χ1v) is 9.67. The van der Waals surface area contributed by atoms with Crippen molar-refractivity contribution in [3.05, 3.63) is 94.2 Å². The SMILES string of the molecule is C=CC.CC.CC1=C(NCc2ccccc2)C(=O)c2cc(C)c(C)cc2C1=O. The minimum atomic E-state index is -0.101. The highest BCUT2D eigenvalue weighted by Crippen LogP contribution is 2.27. The number of hydrogen-bond donors (Lipinski definition) is 1. The lowest BCUT2D eigenvalue weighted by molar-refractivity contribution is 0.0968. The van der Waals surface area contributed by atoms with Crippen LogP contribution >= 0.6 is 0 Å². The van der Waals surface area contributed by atoms with Gasteiger partial charge in [-0.05, 0) is 56.5 Å². The predicted octanol–water partition coefficient (Wildman–Crippen LogP) is 5.96. The lowest BCUT2D eigenvalue weighted by Crippen LogP contribution is -2.29. The standard InChI is InChI=1S/C20H19NO2.C3H6.C2H6/c1-12-9-16-17(10-13(12)2)20(23)18(14(3)19(16)22)21-11-15-7-5-4-6-8-15;1-3-2;1-2/h4-10,21H,11H2,1-3H3;3H,1H2,2H3;1-2H3. The van der Waals surface area contributed by atoms with E-state index in [1.807, 2.05) is 77.1 Å². The number of ketones is 2. The molecule has 3 nitrogen and oxygen atoms in total. The van der Waals surface area contributed by atoms with E-state index in [-0.39, 0.29) is 11.6 Å². The van der Waals surface area contributed by atoms with Gasteiger partial charge in [-0.2, -0.15) is 0 Å². The first-order valence-electron chi connectivity index (χ1n) is 9.67. The molecule has 0 fully saturated rings. The van der Waals surface area contributed by atoms with Crippen LogP contribution in [0.4, 0.5) is 0 Å². The molecule has 148 valence electrons. The Bertz CT molecular complexity index is 877. The van der Waals surface area contributed by atoms with E-state index in [9.17, 15) is 9.59 Å². The first kappa shape index (κ1) is 23.1. The number of aryl methyl sites for hydroxylation is 2. The van der Waals surface area contributed by atoms with Crippen molar-refractivity contribution in [1.82, 2.24) is 5.32 Å². The van der Waals surface area contributed by atoms with Crippen molar-refractivity contribution >= 4 is 11.6 Å². The van der Waals surface area contributed by atoms with Gasteiger partial charge in [0.1, 0.15) is 0 Å². The molecule has 0 spiro atoms. The van der Waals surface area contributed by atoms with Gasteiger partial charge in [0.05, 0.1) is 5.70 Å². The van der Waals surface area contributed by atoms with Gasteiger partial charge in [0.25, 0.3) is 0 Å². The molecule has 0 unspecified atom stereocenters. The summed E-state index contributed by atoms with van der Waals surface area (Å²) in [6.45, 7) is 15.4. The molecule has 3 heteroatoms. The second-order valence-electron chi connectivity index (χ2n) is 6.39. The highest BCUT2D eigenvalue weighted by Gasteiger charge is 2.30. The van der Waals surface area contributed by atoms with Gasteiger partial charge in [-0.25, -0.2) is 0 Å². The summed E-state index contributed by atoms with van der Waals surface area (Å²) in [7, 11) is 0. The van der Waals surface area contributed by atoms with Gasteiger partial charge in [0.15, 0.2) is 5.78 Å². The fraction of sp³-hybridized carbons (Fsp3) is 0.280. The van der Waals surface area contributed by atoms with Gasteiger partial charge in [0.2, 0.25) is 5.78 Å². The zero-order valence-electron chi connectivity index (χ0n) is 17.8. The smallest absolute Gasteiger partial charge is 0.210 e. The maximum absolute atomic E-state index is 12.8. The summed E-state index contributed by atoms with van der Waals surface area (Å²) < 4.78 is 0. The van der Waals surface area contributed by atoms with Crippen LogP contribution in [-0.2, 0) is 6.54 Å². The van der Waals surface area contributed by atoms with Crippen molar-refractivity contribution in [3.63, 3.8) is 0 Å². The fourth-order valence-electron chi connectivity index (χ4n) is 2.81. The molecule has 0 atom stereocenters. The molecule has 1 aliphatic rings. The van der Waals surface area contributed by atoms with Crippen LogP contribution in [0.25, 0.3) is 0 Å². The van der Waals surface area contributed by atoms with Crippen LogP contribution < -0.4 is 5.32 Å². The Kier molecular flexibility index (Phi) is 9.10. The summed E-state index contributed by atoms with van der Waals surface area (Å²) in [4.78, 5) is 25.4. The van der Waals surface area contributed by atoms with E-state index in [1.165, 1.54) is 0 Å². The Balaban J connectivity index is 0.000000717. The number of allylic oxidation sites excluding steroid dienone is 3. The number of carbonyl (C=O) groups is 2. The van der Waals surface area contributed by atoms with E-state index in [0.29, 0.717) is 28.9 Å². The molecule has 0 aliphatic heterocycles. The number of fused-ring (bicyclic) bond motifs is 1. The molecule has 0 aromatic heterocycles. The van der Waals surface area contributed by atoms with Gasteiger partial charge >= 0.3 is 0 Å². The molecule has 2 aromatic carbocycles. The Labute approximate surface area is 169 Å². The molecular formula is C25H31NO2. The van der Waals surface area contributed by atoms with Gasteiger partial charge in [-0.15, -0.1) is 6.58 Å². The average molecular weight is 378 g/mol. The minimum Gasteiger partial charge on any atom is -0.377 e. The second-order valence-corrected chi connectivity index (χ2v) is 6.39. The molecule has 1 aliphatic carbocycles. The molecule has 0 radical (unpaired) electrons. The van der Waals surface area contributed by atoms with Crippen LogP contribution in [0.1, 0.15) is 65.1 Å². The highest BCUT2D eigenvalue weighted by atomic mass is 16.1. The summed E-state index contributed by atoms with van der Waals surface area (Å²) >= 11 is 0. The Morgan fingerprint density at radius 2 is 1.36 bits per heavy atom. The molecule has 0 saturated heterocycles. The number of benzene rings is 2. The molecule has 1 N–H and O–H groups in total. The third kappa shape index (κ3) is 5.29. The number of carbonyl (C=O) groups excluding carboxylic acids is 2. The number of rotatable bonds is 3. The molecule has 2 aromatic rings. The zero-order valence-corrected chi connectivity index (χ0v) is 17.8. The van der Waals surface area contributed by atoms with Crippen molar-refractivity contribution in [2.45, 2.75) is 48.1 Å². The largest absolute Gasteiger partial charge is 0.377 e. The lowest BCUT2D eigenvalue weighted by atomic mass is 9.85. The lowest BCUT2D eigenvalue weighted by Gasteiger charge is -2.21. The van der Waals surface area contributed by atoms with Crippen molar-refractivity contribution < 1.29 is 9.59 Å². The van der Waals surface area contributed by atoms with Crippen molar-refractivity contribution in [3.8, 4) is 0 Å². The first-order chi connectivity index (χ1) is 13.4. The summed E-state index contributed by atoms with van der Waals surface area (Å²) in [6.07, 6.45) is 1.75. The predicted molar refractivity (Wildman–Crippen MR) is 118 cm³/mol. The van der Waals surface area contributed by atoms with E-state index in [4.69, 9.17) is 0 Å². The van der Waals surface area contributed by atoms with Crippen LogP contribution in [-0.4, -0.2) is 11.6 Å². The van der Waals surface area contributed by atoms with Crippen LogP contribution in [0.5, 0.6) is 0 Å². The topological polar surface area (TPSA) is 46.2 Å². The molecule has 3 rings (SSSR count). The van der Waals surface area contributed by atoms with Crippen LogP contribution in [0.3, 0.4) is 0 Å². The van der Waals surface area contributed by atoms with E-state index >= 15 is 0 Å². The molecular weight excluding hydrogens is 346 g/mol. The maximum atomic E-state index is 12.8. The zero-order chi connectivity index (χ0) is 21.3. The van der Waals surface area contributed by atoms with E-state index in [1.54, 1.807) is 13.0 Å². The number of hydrogen-bond acceptors (Lipinski definition) is 3.